The van der Waals surface area contributed by atoms with E-state index in [1.807, 2.05) is 0 Å². The highest BCUT2D eigenvalue weighted by Crippen LogP contribution is 2.43. The van der Waals surface area contributed by atoms with Crippen molar-refractivity contribution in [2.75, 3.05) is 6.61 Å². The van der Waals surface area contributed by atoms with Crippen LogP contribution in [0.15, 0.2) is 60.7 Å². The SMILES string of the molecule is CCOC(=O)C(F)(F)C(O)(c1ccccc1)c1ccccc1. The Balaban J connectivity index is 2.64. The van der Waals surface area contributed by atoms with Gasteiger partial charge >= 0.3 is 11.9 Å². The average molecular weight is 306 g/mol. The Kier molecular flexibility index (Phi) is 4.56. The monoisotopic (exact) mass is 306 g/mol. The molecule has 0 aliphatic carbocycles. The van der Waals surface area contributed by atoms with Crippen LogP contribution in [-0.4, -0.2) is 23.6 Å². The number of carbonyl (C=O) groups is 1. The van der Waals surface area contributed by atoms with Gasteiger partial charge in [-0.25, -0.2) is 4.79 Å². The molecule has 5 heteroatoms. The van der Waals surface area contributed by atoms with Gasteiger partial charge in [0.05, 0.1) is 6.61 Å². The zero-order valence-electron chi connectivity index (χ0n) is 12.0. The van der Waals surface area contributed by atoms with Gasteiger partial charge in [-0.05, 0) is 18.1 Å². The van der Waals surface area contributed by atoms with Crippen molar-refractivity contribution >= 4 is 5.97 Å². The van der Waals surface area contributed by atoms with Gasteiger partial charge in [0.2, 0.25) is 0 Å². The standard InChI is InChI=1S/C17H16F2O3/c1-2-22-15(20)17(18,19)16(21,13-9-5-3-6-10-13)14-11-7-4-8-12-14/h3-12,21H,2H2,1H3. The molecule has 0 amide bonds. The molecule has 0 aliphatic rings. The zero-order chi connectivity index (χ0) is 16.2. The Morgan fingerprint density at radius 2 is 1.41 bits per heavy atom. The van der Waals surface area contributed by atoms with Crippen molar-refractivity contribution in [3.8, 4) is 0 Å². The number of rotatable bonds is 5. The molecule has 116 valence electrons. The van der Waals surface area contributed by atoms with Crippen LogP contribution in [0.5, 0.6) is 0 Å². The summed E-state index contributed by atoms with van der Waals surface area (Å²) in [5, 5.41) is 10.8. The number of hydrogen-bond donors (Lipinski definition) is 1. The minimum atomic E-state index is -4.13. The number of alkyl halides is 2. The van der Waals surface area contributed by atoms with Crippen molar-refractivity contribution in [1.29, 1.82) is 0 Å². The molecular formula is C17H16F2O3. The summed E-state index contributed by atoms with van der Waals surface area (Å²) < 4.78 is 33.8. The molecular weight excluding hydrogens is 290 g/mol. The number of aliphatic hydroxyl groups is 1. The summed E-state index contributed by atoms with van der Waals surface area (Å²) in [6.45, 7) is 1.23. The van der Waals surface area contributed by atoms with Crippen LogP contribution in [0, 0.1) is 0 Å². The van der Waals surface area contributed by atoms with Gasteiger partial charge in [0.1, 0.15) is 0 Å². The Hall–Kier alpha value is -2.27. The molecule has 0 fully saturated rings. The lowest BCUT2D eigenvalue weighted by atomic mass is 9.81. The predicted octanol–water partition coefficient (Wildman–Crippen LogP) is 3.12. The summed E-state index contributed by atoms with van der Waals surface area (Å²) in [6, 6.07) is 14.7. The van der Waals surface area contributed by atoms with E-state index in [0.29, 0.717) is 0 Å². The molecule has 0 radical (unpaired) electrons. The first-order valence-electron chi connectivity index (χ1n) is 6.83. The molecule has 22 heavy (non-hydrogen) atoms. The molecule has 0 aromatic heterocycles. The average Bonchev–Trinajstić information content (AvgIpc) is 2.55. The third kappa shape index (κ3) is 2.60. The van der Waals surface area contributed by atoms with Gasteiger partial charge in [-0.3, -0.25) is 0 Å². The molecule has 2 aromatic rings. The third-order valence-electron chi connectivity index (χ3n) is 3.37. The fraction of sp³-hybridized carbons (Fsp3) is 0.235. The molecule has 0 spiro atoms. The van der Waals surface area contributed by atoms with Crippen molar-refractivity contribution in [2.45, 2.75) is 18.4 Å². The topological polar surface area (TPSA) is 46.5 Å². The Bertz CT molecular complexity index is 587. The lowest BCUT2D eigenvalue weighted by Crippen LogP contribution is -2.52. The van der Waals surface area contributed by atoms with E-state index in [2.05, 4.69) is 4.74 Å². The van der Waals surface area contributed by atoms with Gasteiger partial charge in [-0.15, -0.1) is 0 Å². The first-order valence-corrected chi connectivity index (χ1v) is 6.83. The molecule has 0 aliphatic heterocycles. The molecule has 0 unspecified atom stereocenters. The van der Waals surface area contributed by atoms with Crippen molar-refractivity contribution < 1.29 is 23.4 Å². The molecule has 0 bridgehead atoms. The maximum atomic E-state index is 14.7. The lowest BCUT2D eigenvalue weighted by molar-refractivity contribution is -0.206. The highest BCUT2D eigenvalue weighted by molar-refractivity contribution is 5.81. The fourth-order valence-corrected chi connectivity index (χ4v) is 2.26. The van der Waals surface area contributed by atoms with Crippen LogP contribution >= 0.6 is 0 Å². The van der Waals surface area contributed by atoms with E-state index < -0.39 is 17.5 Å². The van der Waals surface area contributed by atoms with E-state index in [0.717, 1.165) is 0 Å². The van der Waals surface area contributed by atoms with E-state index in [9.17, 15) is 18.7 Å². The fourth-order valence-electron chi connectivity index (χ4n) is 2.26. The van der Waals surface area contributed by atoms with Crippen LogP contribution in [0.1, 0.15) is 18.1 Å². The van der Waals surface area contributed by atoms with Crippen molar-refractivity contribution in [1.82, 2.24) is 0 Å². The number of esters is 1. The molecule has 0 saturated heterocycles. The zero-order valence-corrected chi connectivity index (χ0v) is 12.0. The predicted molar refractivity (Wildman–Crippen MR) is 77.5 cm³/mol. The summed E-state index contributed by atoms with van der Waals surface area (Å²) in [6.07, 6.45) is 0. The van der Waals surface area contributed by atoms with E-state index in [-0.39, 0.29) is 17.7 Å². The summed E-state index contributed by atoms with van der Waals surface area (Å²) in [4.78, 5) is 11.7. The minimum Gasteiger partial charge on any atom is -0.461 e. The largest absolute Gasteiger partial charge is 0.461 e. The molecule has 0 atom stereocenters. The number of ether oxygens (including phenoxy) is 1. The Morgan fingerprint density at radius 1 is 1.00 bits per heavy atom. The second-order valence-corrected chi connectivity index (χ2v) is 4.74. The van der Waals surface area contributed by atoms with Crippen LogP contribution < -0.4 is 0 Å². The molecule has 0 heterocycles. The van der Waals surface area contributed by atoms with Gasteiger partial charge in [0.25, 0.3) is 0 Å². The number of carbonyl (C=O) groups excluding carboxylic acids is 1. The Morgan fingerprint density at radius 3 is 1.77 bits per heavy atom. The van der Waals surface area contributed by atoms with Crippen LogP contribution in [0.25, 0.3) is 0 Å². The normalized spacial score (nSPS) is 12.0. The number of hydrogen-bond acceptors (Lipinski definition) is 3. The third-order valence-corrected chi connectivity index (χ3v) is 3.37. The van der Waals surface area contributed by atoms with Crippen LogP contribution in [-0.2, 0) is 15.1 Å². The first kappa shape index (κ1) is 16.1. The smallest absolute Gasteiger partial charge is 0.380 e. The maximum absolute atomic E-state index is 14.7. The molecule has 1 N–H and O–H groups in total. The minimum absolute atomic E-state index is 0.0840. The lowest BCUT2D eigenvalue weighted by Gasteiger charge is -2.35. The van der Waals surface area contributed by atoms with Crippen molar-refractivity contribution in [3.05, 3.63) is 71.8 Å². The van der Waals surface area contributed by atoms with Gasteiger partial charge in [-0.1, -0.05) is 60.7 Å². The second kappa shape index (κ2) is 6.23. The van der Waals surface area contributed by atoms with Crippen molar-refractivity contribution in [2.24, 2.45) is 0 Å². The van der Waals surface area contributed by atoms with E-state index in [4.69, 9.17) is 0 Å². The van der Waals surface area contributed by atoms with Crippen LogP contribution in [0.4, 0.5) is 8.78 Å². The molecule has 0 saturated carbocycles. The molecule has 2 aromatic carbocycles. The van der Waals surface area contributed by atoms with Crippen LogP contribution in [0.3, 0.4) is 0 Å². The summed E-state index contributed by atoms with van der Waals surface area (Å²) >= 11 is 0. The highest BCUT2D eigenvalue weighted by Gasteiger charge is 2.61. The molecule has 3 nitrogen and oxygen atoms in total. The summed E-state index contributed by atoms with van der Waals surface area (Å²) in [5.74, 6) is -5.89. The van der Waals surface area contributed by atoms with Crippen molar-refractivity contribution in [3.63, 3.8) is 0 Å². The van der Waals surface area contributed by atoms with E-state index >= 15 is 0 Å². The van der Waals surface area contributed by atoms with E-state index in [1.165, 1.54) is 55.5 Å². The Labute approximate surface area is 127 Å². The van der Waals surface area contributed by atoms with Gasteiger partial charge in [0.15, 0.2) is 5.60 Å². The quantitative estimate of drug-likeness (QED) is 0.863. The number of benzene rings is 2. The van der Waals surface area contributed by atoms with Gasteiger partial charge in [-0.2, -0.15) is 8.78 Å². The molecule has 2 rings (SSSR count). The second-order valence-electron chi connectivity index (χ2n) is 4.74. The number of halogens is 2. The summed E-state index contributed by atoms with van der Waals surface area (Å²) in [7, 11) is 0. The van der Waals surface area contributed by atoms with E-state index in [1.54, 1.807) is 12.1 Å². The first-order chi connectivity index (χ1) is 10.4. The van der Waals surface area contributed by atoms with Crippen LogP contribution in [0.2, 0.25) is 0 Å². The van der Waals surface area contributed by atoms with Gasteiger partial charge < -0.3 is 9.84 Å². The maximum Gasteiger partial charge on any atom is 0.380 e. The highest BCUT2D eigenvalue weighted by atomic mass is 19.3. The van der Waals surface area contributed by atoms with Gasteiger partial charge in [0, 0.05) is 0 Å². The summed E-state index contributed by atoms with van der Waals surface area (Å²) in [5.41, 5.74) is -2.97.